The number of ether oxygens (including phenoxy) is 2. The topological polar surface area (TPSA) is 89.1 Å². The molecule has 0 bridgehead atoms. The summed E-state index contributed by atoms with van der Waals surface area (Å²) in [6.07, 6.45) is 3.12. The number of cyclic esters (lactones) is 1. The number of benzene rings is 1. The summed E-state index contributed by atoms with van der Waals surface area (Å²) in [4.78, 5) is 15.6. The summed E-state index contributed by atoms with van der Waals surface area (Å²) in [5, 5.41) is 10.2. The van der Waals surface area contributed by atoms with Crippen LogP contribution in [0.4, 0.5) is 10.5 Å². The minimum absolute atomic E-state index is 0.426. The second-order valence-corrected chi connectivity index (χ2v) is 6.98. The lowest BCUT2D eigenvalue weighted by molar-refractivity contribution is 0.0418. The predicted molar refractivity (Wildman–Crippen MR) is 91.4 cm³/mol. The number of rotatable bonds is 7. The number of carbonyl (C=O) groups excluding carboxylic acids is 1. The molecule has 24 heavy (non-hydrogen) atoms. The van der Waals surface area contributed by atoms with Crippen LogP contribution in [0.3, 0.4) is 0 Å². The Morgan fingerprint density at radius 3 is 3.00 bits per heavy atom. The first-order chi connectivity index (χ1) is 11.5. The van der Waals surface area contributed by atoms with E-state index < -0.39 is 11.7 Å². The number of hydrogen-bond donors (Lipinski definition) is 2. The van der Waals surface area contributed by atoms with Gasteiger partial charge in [0.25, 0.3) is 0 Å². The number of unbranched alkanes of at least 4 members (excludes halogenated alkanes) is 1. The molecule has 0 unspecified atom stereocenters. The minimum Gasteiger partial charge on any atom is -0.494 e. The van der Waals surface area contributed by atoms with Crippen LogP contribution in [0.25, 0.3) is 0 Å². The highest BCUT2D eigenvalue weighted by atomic mass is 32.2. The zero-order chi connectivity index (χ0) is 17.0. The molecule has 0 atom stereocenters. The fraction of sp³-hybridized carbons (Fsp3) is 0.438. The second kappa shape index (κ2) is 7.12. The summed E-state index contributed by atoms with van der Waals surface area (Å²) < 4.78 is 11.1. The summed E-state index contributed by atoms with van der Waals surface area (Å²) in [5.41, 5.74) is 1.02. The third-order valence-corrected chi connectivity index (χ3v) is 4.60. The van der Waals surface area contributed by atoms with Crippen LogP contribution < -0.4 is 10.1 Å². The maximum atomic E-state index is 11.5. The number of nitrogens with zero attached hydrogens (tertiary/aromatic N) is 2. The highest BCUT2D eigenvalue weighted by molar-refractivity contribution is 7.99. The van der Waals surface area contributed by atoms with Crippen LogP contribution in [-0.4, -0.2) is 33.6 Å². The highest BCUT2D eigenvalue weighted by Gasteiger charge is 2.33. The summed E-state index contributed by atoms with van der Waals surface area (Å²) in [7, 11) is 0. The Bertz CT molecular complexity index is 703. The SMILES string of the molecule is CC1(C)OC(=O)Nc2ccc(OCCCCSc3nc[nH]n3)cc21. The Morgan fingerprint density at radius 2 is 2.21 bits per heavy atom. The number of hydrogen-bond acceptors (Lipinski definition) is 6. The van der Waals surface area contributed by atoms with Crippen molar-refractivity contribution in [3.8, 4) is 5.75 Å². The summed E-state index contributed by atoms with van der Waals surface area (Å²) >= 11 is 1.63. The molecule has 1 aromatic heterocycles. The molecule has 0 fully saturated rings. The van der Waals surface area contributed by atoms with E-state index in [1.54, 1.807) is 18.1 Å². The van der Waals surface area contributed by atoms with E-state index in [1.807, 2.05) is 32.0 Å². The van der Waals surface area contributed by atoms with Crippen LogP contribution in [0.5, 0.6) is 5.75 Å². The van der Waals surface area contributed by atoms with Crippen LogP contribution in [0.2, 0.25) is 0 Å². The van der Waals surface area contributed by atoms with Crippen molar-refractivity contribution in [3.05, 3.63) is 30.1 Å². The van der Waals surface area contributed by atoms with E-state index in [-0.39, 0.29) is 0 Å². The van der Waals surface area contributed by atoms with Gasteiger partial charge in [-0.25, -0.2) is 9.78 Å². The smallest absolute Gasteiger partial charge is 0.412 e. The average molecular weight is 348 g/mol. The first-order valence-corrected chi connectivity index (χ1v) is 8.79. The number of thioether (sulfide) groups is 1. The highest BCUT2D eigenvalue weighted by Crippen LogP contribution is 2.37. The minimum atomic E-state index is -0.662. The molecule has 3 rings (SSSR count). The molecule has 0 spiro atoms. The van der Waals surface area contributed by atoms with Gasteiger partial charge >= 0.3 is 6.09 Å². The summed E-state index contributed by atoms with van der Waals surface area (Å²) in [6.45, 7) is 4.38. The van der Waals surface area contributed by atoms with E-state index in [9.17, 15) is 4.79 Å². The van der Waals surface area contributed by atoms with E-state index in [1.165, 1.54) is 0 Å². The lowest BCUT2D eigenvalue weighted by Gasteiger charge is -2.32. The van der Waals surface area contributed by atoms with E-state index in [2.05, 4.69) is 20.5 Å². The second-order valence-electron chi connectivity index (χ2n) is 5.92. The third kappa shape index (κ3) is 4.00. The van der Waals surface area contributed by atoms with E-state index in [0.717, 1.165) is 40.8 Å². The Balaban J connectivity index is 1.47. The number of H-pyrrole nitrogens is 1. The molecule has 0 aliphatic carbocycles. The van der Waals surface area contributed by atoms with Crippen molar-refractivity contribution in [2.75, 3.05) is 17.7 Å². The molecule has 0 radical (unpaired) electrons. The lowest BCUT2D eigenvalue weighted by Crippen LogP contribution is -2.34. The van der Waals surface area contributed by atoms with Crippen molar-refractivity contribution in [2.24, 2.45) is 0 Å². The Kier molecular flexibility index (Phi) is 4.94. The molecule has 2 N–H and O–H groups in total. The maximum absolute atomic E-state index is 11.5. The quantitative estimate of drug-likeness (QED) is 0.587. The van der Waals surface area contributed by atoms with Crippen molar-refractivity contribution in [2.45, 2.75) is 37.4 Å². The number of nitrogens with one attached hydrogen (secondary N) is 2. The molecule has 8 heteroatoms. The molecule has 2 heterocycles. The third-order valence-electron chi connectivity index (χ3n) is 3.66. The Hall–Kier alpha value is -2.22. The molecular formula is C16H20N4O3S. The molecular weight excluding hydrogens is 328 g/mol. The number of aromatic nitrogens is 3. The normalized spacial score (nSPS) is 15.3. The first kappa shape index (κ1) is 16.6. The molecule has 128 valence electrons. The molecule has 0 saturated carbocycles. The van der Waals surface area contributed by atoms with Crippen LogP contribution in [-0.2, 0) is 10.3 Å². The zero-order valence-corrected chi connectivity index (χ0v) is 14.5. The van der Waals surface area contributed by atoms with Gasteiger partial charge in [-0.15, -0.1) is 5.10 Å². The van der Waals surface area contributed by atoms with Crippen LogP contribution in [0.1, 0.15) is 32.3 Å². The van der Waals surface area contributed by atoms with Gasteiger partial charge in [0.15, 0.2) is 0 Å². The van der Waals surface area contributed by atoms with Gasteiger partial charge in [-0.1, -0.05) is 11.8 Å². The van der Waals surface area contributed by atoms with Crippen molar-refractivity contribution >= 4 is 23.5 Å². The van der Waals surface area contributed by atoms with Gasteiger partial charge in [0.05, 0.1) is 12.3 Å². The molecule has 2 aromatic rings. The standard InChI is InChI=1S/C16H20N4O3S/c1-16(2)12-9-11(5-6-13(12)19-15(21)23-16)22-7-3-4-8-24-14-17-10-18-20-14/h5-6,9-10H,3-4,7-8H2,1-2H3,(H,19,21)(H,17,18,20). The predicted octanol–water partition coefficient (Wildman–Crippen LogP) is 3.55. The van der Waals surface area contributed by atoms with Crippen LogP contribution in [0, 0.1) is 0 Å². The summed E-state index contributed by atoms with van der Waals surface area (Å²) in [6, 6.07) is 5.64. The van der Waals surface area contributed by atoms with Gasteiger partial charge in [-0.05, 0) is 44.9 Å². The molecule has 1 aromatic carbocycles. The monoisotopic (exact) mass is 348 g/mol. The molecule has 1 amide bonds. The number of fused-ring (bicyclic) bond motifs is 1. The molecule has 0 saturated heterocycles. The fourth-order valence-corrected chi connectivity index (χ4v) is 3.24. The van der Waals surface area contributed by atoms with Crippen LogP contribution >= 0.6 is 11.8 Å². The van der Waals surface area contributed by atoms with Crippen LogP contribution in [0.15, 0.2) is 29.7 Å². The van der Waals surface area contributed by atoms with Crippen molar-refractivity contribution in [1.29, 1.82) is 0 Å². The first-order valence-electron chi connectivity index (χ1n) is 7.80. The maximum Gasteiger partial charge on any atom is 0.412 e. The Morgan fingerprint density at radius 1 is 1.33 bits per heavy atom. The lowest BCUT2D eigenvalue weighted by atomic mass is 9.94. The van der Waals surface area contributed by atoms with Crippen molar-refractivity contribution in [1.82, 2.24) is 15.2 Å². The van der Waals surface area contributed by atoms with Gasteiger partial charge in [0, 0.05) is 11.3 Å². The van der Waals surface area contributed by atoms with E-state index in [0.29, 0.717) is 6.61 Å². The van der Waals surface area contributed by atoms with Crippen molar-refractivity contribution < 1.29 is 14.3 Å². The molecule has 1 aliphatic rings. The number of anilines is 1. The van der Waals surface area contributed by atoms with Gasteiger partial charge in [-0.2, -0.15) is 0 Å². The van der Waals surface area contributed by atoms with Gasteiger partial charge < -0.3 is 9.47 Å². The Labute approximate surface area is 144 Å². The van der Waals surface area contributed by atoms with E-state index in [4.69, 9.17) is 9.47 Å². The molecule has 7 nitrogen and oxygen atoms in total. The zero-order valence-electron chi connectivity index (χ0n) is 13.7. The summed E-state index contributed by atoms with van der Waals surface area (Å²) in [5.74, 6) is 1.74. The average Bonchev–Trinajstić information content (AvgIpc) is 3.03. The fourth-order valence-electron chi connectivity index (χ4n) is 2.47. The largest absolute Gasteiger partial charge is 0.494 e. The van der Waals surface area contributed by atoms with Gasteiger partial charge in [-0.3, -0.25) is 10.4 Å². The number of carbonyl (C=O) groups is 1. The molecule has 1 aliphatic heterocycles. The number of aromatic amines is 1. The van der Waals surface area contributed by atoms with Crippen molar-refractivity contribution in [3.63, 3.8) is 0 Å². The van der Waals surface area contributed by atoms with Gasteiger partial charge in [0.1, 0.15) is 17.7 Å². The number of amides is 1. The van der Waals surface area contributed by atoms with Gasteiger partial charge in [0.2, 0.25) is 5.16 Å². The van der Waals surface area contributed by atoms with E-state index >= 15 is 0 Å².